The molecular formula is C27H28N4O4. The number of piperidine rings is 1. The average Bonchev–Trinajstić information content (AvgIpc) is 3.59. The molecule has 8 heteroatoms. The van der Waals surface area contributed by atoms with E-state index < -0.39 is 0 Å². The minimum atomic E-state index is -0.216. The summed E-state index contributed by atoms with van der Waals surface area (Å²) in [6.07, 6.45) is 5.07. The lowest BCUT2D eigenvalue weighted by Gasteiger charge is -2.33. The van der Waals surface area contributed by atoms with Crippen LogP contribution in [-0.2, 0) is 6.42 Å². The van der Waals surface area contributed by atoms with E-state index in [4.69, 9.17) is 13.9 Å². The van der Waals surface area contributed by atoms with Crippen molar-refractivity contribution in [1.29, 1.82) is 0 Å². The highest BCUT2D eigenvalue weighted by molar-refractivity contribution is 5.93. The zero-order chi connectivity index (χ0) is 24.2. The number of aromatic amines is 1. The second kappa shape index (κ2) is 10.0. The predicted molar refractivity (Wildman–Crippen MR) is 131 cm³/mol. The first kappa shape index (κ1) is 22.7. The number of hydrogen-bond acceptors (Lipinski definition) is 6. The zero-order valence-electron chi connectivity index (χ0n) is 19.9. The van der Waals surface area contributed by atoms with Crippen molar-refractivity contribution in [3.05, 3.63) is 83.7 Å². The Hall–Kier alpha value is -4.07. The van der Waals surface area contributed by atoms with Gasteiger partial charge in [-0.2, -0.15) is 5.10 Å². The van der Waals surface area contributed by atoms with Crippen LogP contribution in [-0.4, -0.2) is 46.8 Å². The minimum Gasteiger partial charge on any atom is -0.497 e. The van der Waals surface area contributed by atoms with Crippen LogP contribution < -0.4 is 9.47 Å². The molecule has 2 aromatic carbocycles. The minimum absolute atomic E-state index is 0.110. The van der Waals surface area contributed by atoms with Crippen LogP contribution in [0.25, 0.3) is 11.3 Å². The van der Waals surface area contributed by atoms with Gasteiger partial charge in [0.25, 0.3) is 5.91 Å². The number of benzene rings is 2. The van der Waals surface area contributed by atoms with E-state index in [1.165, 1.54) is 0 Å². The van der Waals surface area contributed by atoms with E-state index in [-0.39, 0.29) is 11.9 Å². The fourth-order valence-electron chi connectivity index (χ4n) is 4.54. The largest absolute Gasteiger partial charge is 0.497 e. The lowest BCUT2D eigenvalue weighted by molar-refractivity contribution is 0.0564. The number of nitrogens with one attached hydrogen (secondary N) is 1. The first-order chi connectivity index (χ1) is 17.2. The summed E-state index contributed by atoms with van der Waals surface area (Å²) in [4.78, 5) is 19.9. The smallest absolute Gasteiger partial charge is 0.272 e. The monoisotopic (exact) mass is 472 g/mol. The molecule has 1 unspecified atom stereocenters. The molecular weight excluding hydrogens is 444 g/mol. The van der Waals surface area contributed by atoms with Crippen LogP contribution in [0.3, 0.4) is 0 Å². The number of carbonyl (C=O) groups is 1. The highest BCUT2D eigenvalue weighted by atomic mass is 16.5. The van der Waals surface area contributed by atoms with Gasteiger partial charge >= 0.3 is 0 Å². The number of hydrogen-bond donors (Lipinski definition) is 1. The van der Waals surface area contributed by atoms with Crippen LogP contribution in [0.2, 0.25) is 0 Å². The summed E-state index contributed by atoms with van der Waals surface area (Å²) < 4.78 is 16.9. The summed E-state index contributed by atoms with van der Waals surface area (Å²) in [5.41, 5.74) is 3.03. The van der Waals surface area contributed by atoms with E-state index in [9.17, 15) is 4.79 Å². The first-order valence-corrected chi connectivity index (χ1v) is 11.7. The molecule has 2 aromatic heterocycles. The molecule has 0 spiro atoms. The quantitative estimate of drug-likeness (QED) is 0.405. The number of para-hydroxylation sites is 1. The Labute approximate surface area is 203 Å². The molecule has 1 saturated heterocycles. The Bertz CT molecular complexity index is 1310. The van der Waals surface area contributed by atoms with Gasteiger partial charge in [-0.1, -0.05) is 30.3 Å². The third-order valence-corrected chi connectivity index (χ3v) is 6.35. The van der Waals surface area contributed by atoms with Crippen molar-refractivity contribution in [3.8, 4) is 22.8 Å². The van der Waals surface area contributed by atoms with Crippen LogP contribution in [0, 0.1) is 0 Å². The Morgan fingerprint density at radius 3 is 2.86 bits per heavy atom. The van der Waals surface area contributed by atoms with Crippen molar-refractivity contribution in [2.45, 2.75) is 31.7 Å². The molecule has 0 saturated carbocycles. The average molecular weight is 473 g/mol. The summed E-state index contributed by atoms with van der Waals surface area (Å²) in [5, 5.41) is 7.28. The predicted octanol–water partition coefficient (Wildman–Crippen LogP) is 5.04. The molecule has 1 aliphatic heterocycles. The fraction of sp³-hybridized carbons (Fsp3) is 0.296. The Balaban J connectivity index is 1.35. The molecule has 1 amide bonds. The van der Waals surface area contributed by atoms with Crippen LogP contribution in [0.15, 0.2) is 65.2 Å². The molecule has 0 bridgehead atoms. The topological polar surface area (TPSA) is 93.5 Å². The Kier molecular flexibility index (Phi) is 6.52. The lowest BCUT2D eigenvalue weighted by Crippen LogP contribution is -2.38. The van der Waals surface area contributed by atoms with Crippen molar-refractivity contribution in [1.82, 2.24) is 20.1 Å². The van der Waals surface area contributed by atoms with Gasteiger partial charge in [0.2, 0.25) is 5.89 Å². The molecule has 1 N–H and O–H groups in total. The number of methoxy groups -OCH3 is 2. The number of H-pyrrole nitrogens is 1. The number of aromatic nitrogens is 3. The number of amides is 1. The van der Waals surface area contributed by atoms with Gasteiger partial charge in [-0.15, -0.1) is 0 Å². The maximum Gasteiger partial charge on any atom is 0.272 e. The second-order valence-corrected chi connectivity index (χ2v) is 8.56. The van der Waals surface area contributed by atoms with E-state index in [0.29, 0.717) is 30.2 Å². The molecule has 8 nitrogen and oxygen atoms in total. The van der Waals surface area contributed by atoms with Crippen LogP contribution in [0.4, 0.5) is 0 Å². The van der Waals surface area contributed by atoms with Gasteiger partial charge in [-0.05, 0) is 43.5 Å². The van der Waals surface area contributed by atoms with E-state index in [0.717, 1.165) is 47.6 Å². The third-order valence-electron chi connectivity index (χ3n) is 6.35. The number of nitrogens with zero attached hydrogens (tertiary/aromatic N) is 3. The number of ether oxygens (including phenoxy) is 2. The summed E-state index contributed by atoms with van der Waals surface area (Å²) in [7, 11) is 3.28. The maximum atomic E-state index is 13.5. The van der Waals surface area contributed by atoms with E-state index in [1.54, 1.807) is 26.5 Å². The molecule has 5 rings (SSSR count). The van der Waals surface area contributed by atoms with Gasteiger partial charge in [0.15, 0.2) is 0 Å². The molecule has 0 radical (unpaired) electrons. The first-order valence-electron chi connectivity index (χ1n) is 11.7. The Morgan fingerprint density at radius 1 is 1.11 bits per heavy atom. The van der Waals surface area contributed by atoms with Crippen molar-refractivity contribution in [3.63, 3.8) is 0 Å². The summed E-state index contributed by atoms with van der Waals surface area (Å²) in [6, 6.07) is 17.0. The second-order valence-electron chi connectivity index (χ2n) is 8.56. The maximum absolute atomic E-state index is 13.5. The molecule has 3 heterocycles. The summed E-state index contributed by atoms with van der Waals surface area (Å²) >= 11 is 0. The third kappa shape index (κ3) is 4.77. The van der Waals surface area contributed by atoms with Gasteiger partial charge in [0.1, 0.15) is 29.0 Å². The highest BCUT2D eigenvalue weighted by Gasteiger charge is 2.33. The molecule has 180 valence electrons. The van der Waals surface area contributed by atoms with E-state index >= 15 is 0 Å². The number of rotatable bonds is 7. The summed E-state index contributed by atoms with van der Waals surface area (Å²) in [6.45, 7) is 0.640. The van der Waals surface area contributed by atoms with Crippen molar-refractivity contribution in [2.75, 3.05) is 20.8 Å². The van der Waals surface area contributed by atoms with Crippen LogP contribution >= 0.6 is 0 Å². The molecule has 0 aliphatic carbocycles. The van der Waals surface area contributed by atoms with Gasteiger partial charge in [0.05, 0.1) is 26.1 Å². The molecule has 1 aliphatic rings. The number of oxazole rings is 1. The van der Waals surface area contributed by atoms with Crippen molar-refractivity contribution < 1.29 is 18.7 Å². The van der Waals surface area contributed by atoms with Gasteiger partial charge in [-0.25, -0.2) is 4.98 Å². The normalized spacial score (nSPS) is 15.7. The van der Waals surface area contributed by atoms with Gasteiger partial charge in [-0.3, -0.25) is 9.89 Å². The SMILES string of the molecule is COc1cccc(-c2cc(C(=O)N3CCCCC3c3ncc(Cc4ccccc4OC)o3)[nH]n2)c1. The lowest BCUT2D eigenvalue weighted by atomic mass is 10.0. The molecule has 1 atom stereocenters. The number of carbonyl (C=O) groups excluding carboxylic acids is 1. The fourth-order valence-corrected chi connectivity index (χ4v) is 4.54. The van der Waals surface area contributed by atoms with Crippen LogP contribution in [0.5, 0.6) is 11.5 Å². The molecule has 4 aromatic rings. The number of likely N-dealkylation sites (tertiary alicyclic amines) is 1. The standard InChI is InChI=1S/C27H28N4O4/c1-33-20-10-7-9-18(14-20)22-16-23(30-29-22)27(32)31-13-6-5-11-24(31)26-28-17-21(35-26)15-19-8-3-4-12-25(19)34-2/h3-4,7-10,12,14,16-17,24H,5-6,11,13,15H2,1-2H3,(H,29,30). The van der Waals surface area contributed by atoms with E-state index in [2.05, 4.69) is 15.2 Å². The zero-order valence-corrected chi connectivity index (χ0v) is 19.9. The molecule has 35 heavy (non-hydrogen) atoms. The Morgan fingerprint density at radius 2 is 2.00 bits per heavy atom. The van der Waals surface area contributed by atoms with Gasteiger partial charge in [0, 0.05) is 24.1 Å². The van der Waals surface area contributed by atoms with E-state index in [1.807, 2.05) is 53.4 Å². The van der Waals surface area contributed by atoms with Crippen LogP contribution in [0.1, 0.15) is 53.0 Å². The van der Waals surface area contributed by atoms with Crippen molar-refractivity contribution in [2.24, 2.45) is 0 Å². The van der Waals surface area contributed by atoms with Gasteiger partial charge < -0.3 is 18.8 Å². The highest BCUT2D eigenvalue weighted by Crippen LogP contribution is 2.33. The summed E-state index contributed by atoms with van der Waals surface area (Å²) in [5.74, 6) is 2.74. The van der Waals surface area contributed by atoms with Crippen molar-refractivity contribution >= 4 is 5.91 Å². The molecule has 1 fully saturated rings.